The molecule has 0 amide bonds. The number of nitrogens with one attached hydrogen (secondary N) is 1. The van der Waals surface area contributed by atoms with Gasteiger partial charge in [-0.25, -0.2) is 4.68 Å². The molecule has 1 aliphatic rings. The SMILES string of the molecule is COCCCCc1cn(-c2cncc(OCC3CCN3)c2)nn1. The van der Waals surface area contributed by atoms with Gasteiger partial charge < -0.3 is 14.8 Å². The first-order valence-electron chi connectivity index (χ1n) is 8.07. The zero-order chi connectivity index (χ0) is 15.9. The first-order chi connectivity index (χ1) is 11.3. The van der Waals surface area contributed by atoms with E-state index >= 15 is 0 Å². The first kappa shape index (κ1) is 15.9. The van der Waals surface area contributed by atoms with Crippen LogP contribution in [0.1, 0.15) is 25.0 Å². The van der Waals surface area contributed by atoms with E-state index < -0.39 is 0 Å². The number of nitrogens with zero attached hydrogens (tertiary/aromatic N) is 4. The van der Waals surface area contributed by atoms with E-state index in [9.17, 15) is 0 Å². The highest BCUT2D eigenvalue weighted by atomic mass is 16.5. The van der Waals surface area contributed by atoms with Crippen LogP contribution < -0.4 is 10.1 Å². The minimum absolute atomic E-state index is 0.462. The van der Waals surface area contributed by atoms with Gasteiger partial charge in [-0.3, -0.25) is 4.98 Å². The summed E-state index contributed by atoms with van der Waals surface area (Å²) in [6.07, 6.45) is 9.58. The molecule has 1 atom stereocenters. The van der Waals surface area contributed by atoms with Crippen molar-refractivity contribution in [2.45, 2.75) is 31.7 Å². The lowest BCUT2D eigenvalue weighted by Gasteiger charge is -2.27. The number of aromatic nitrogens is 4. The van der Waals surface area contributed by atoms with Crippen molar-refractivity contribution in [3.05, 3.63) is 30.4 Å². The third kappa shape index (κ3) is 4.49. The Hall–Kier alpha value is -1.99. The Morgan fingerprint density at radius 1 is 1.35 bits per heavy atom. The molecule has 1 aliphatic heterocycles. The lowest BCUT2D eigenvalue weighted by atomic mass is 10.1. The highest BCUT2D eigenvalue weighted by molar-refractivity contribution is 5.34. The van der Waals surface area contributed by atoms with E-state index in [4.69, 9.17) is 9.47 Å². The Bertz CT molecular complexity index is 612. The molecule has 2 aromatic heterocycles. The lowest BCUT2D eigenvalue weighted by molar-refractivity contribution is 0.193. The van der Waals surface area contributed by atoms with Crippen LogP contribution in [0, 0.1) is 0 Å². The molecular weight excluding hydrogens is 294 g/mol. The Labute approximate surface area is 136 Å². The maximum atomic E-state index is 5.77. The standard InChI is InChI=1S/C16H23N5O2/c1-22-7-3-2-4-13-11-21(20-19-13)15-8-16(10-17-9-15)23-12-14-5-6-18-14/h8-11,14,18H,2-7,12H2,1H3. The smallest absolute Gasteiger partial charge is 0.139 e. The number of hydrogen-bond donors (Lipinski definition) is 1. The van der Waals surface area contributed by atoms with Gasteiger partial charge in [-0.2, -0.15) is 0 Å². The van der Waals surface area contributed by atoms with Gasteiger partial charge in [-0.05, 0) is 32.2 Å². The summed E-state index contributed by atoms with van der Waals surface area (Å²) in [5, 5.41) is 11.7. The number of unbranched alkanes of at least 4 members (excludes halogenated alkanes) is 1. The van der Waals surface area contributed by atoms with E-state index in [0.29, 0.717) is 12.6 Å². The van der Waals surface area contributed by atoms with Gasteiger partial charge in [-0.15, -0.1) is 5.10 Å². The van der Waals surface area contributed by atoms with Gasteiger partial charge in [0.25, 0.3) is 0 Å². The van der Waals surface area contributed by atoms with E-state index in [1.807, 2.05) is 12.3 Å². The number of pyridine rings is 1. The van der Waals surface area contributed by atoms with E-state index in [2.05, 4.69) is 20.6 Å². The average molecular weight is 317 g/mol. The van der Waals surface area contributed by atoms with Gasteiger partial charge >= 0.3 is 0 Å². The molecule has 0 bridgehead atoms. The average Bonchev–Trinajstić information content (AvgIpc) is 2.99. The van der Waals surface area contributed by atoms with Gasteiger partial charge in [0.2, 0.25) is 0 Å². The first-order valence-corrected chi connectivity index (χ1v) is 8.07. The zero-order valence-corrected chi connectivity index (χ0v) is 13.4. The summed E-state index contributed by atoms with van der Waals surface area (Å²) in [7, 11) is 1.72. The van der Waals surface area contributed by atoms with Crippen molar-refractivity contribution in [2.24, 2.45) is 0 Å². The van der Waals surface area contributed by atoms with Crippen molar-refractivity contribution < 1.29 is 9.47 Å². The fourth-order valence-corrected chi connectivity index (χ4v) is 2.39. The summed E-state index contributed by atoms with van der Waals surface area (Å²) in [4.78, 5) is 4.23. The molecule has 1 unspecified atom stereocenters. The summed E-state index contributed by atoms with van der Waals surface area (Å²) in [5.41, 5.74) is 1.84. The molecule has 7 nitrogen and oxygen atoms in total. The molecule has 23 heavy (non-hydrogen) atoms. The molecule has 0 aliphatic carbocycles. The summed E-state index contributed by atoms with van der Waals surface area (Å²) in [6.45, 7) is 2.54. The van der Waals surface area contributed by atoms with Crippen LogP contribution in [0.5, 0.6) is 5.75 Å². The molecule has 124 valence electrons. The van der Waals surface area contributed by atoms with Crippen LogP contribution in [0.2, 0.25) is 0 Å². The van der Waals surface area contributed by atoms with Crippen molar-refractivity contribution in [3.63, 3.8) is 0 Å². The highest BCUT2D eigenvalue weighted by Crippen LogP contribution is 2.16. The Morgan fingerprint density at radius 2 is 2.26 bits per heavy atom. The van der Waals surface area contributed by atoms with Crippen molar-refractivity contribution in [1.82, 2.24) is 25.3 Å². The van der Waals surface area contributed by atoms with Crippen LogP contribution in [0.3, 0.4) is 0 Å². The molecule has 0 spiro atoms. The molecule has 3 heterocycles. The normalized spacial score (nSPS) is 17.0. The third-order valence-electron chi connectivity index (χ3n) is 3.91. The van der Waals surface area contributed by atoms with Gasteiger partial charge in [0.1, 0.15) is 12.4 Å². The lowest BCUT2D eigenvalue weighted by Crippen LogP contribution is -2.46. The van der Waals surface area contributed by atoms with Crippen LogP contribution >= 0.6 is 0 Å². The molecule has 0 saturated carbocycles. The maximum absolute atomic E-state index is 5.77. The predicted molar refractivity (Wildman–Crippen MR) is 85.9 cm³/mol. The highest BCUT2D eigenvalue weighted by Gasteiger charge is 2.16. The Balaban J connectivity index is 1.56. The third-order valence-corrected chi connectivity index (χ3v) is 3.91. The number of ether oxygens (including phenoxy) is 2. The second-order valence-electron chi connectivity index (χ2n) is 5.73. The second kappa shape index (κ2) is 8.03. The topological polar surface area (TPSA) is 74.1 Å². The van der Waals surface area contributed by atoms with E-state index in [1.54, 1.807) is 24.2 Å². The van der Waals surface area contributed by atoms with E-state index in [1.165, 1.54) is 6.42 Å². The molecule has 0 aromatic carbocycles. The van der Waals surface area contributed by atoms with Crippen molar-refractivity contribution in [1.29, 1.82) is 0 Å². The fourth-order valence-electron chi connectivity index (χ4n) is 2.39. The van der Waals surface area contributed by atoms with E-state index in [-0.39, 0.29) is 0 Å². The van der Waals surface area contributed by atoms with Crippen molar-refractivity contribution in [3.8, 4) is 11.4 Å². The summed E-state index contributed by atoms with van der Waals surface area (Å²) in [5.74, 6) is 0.758. The molecule has 3 rings (SSSR count). The van der Waals surface area contributed by atoms with Crippen LogP contribution in [-0.4, -0.2) is 52.9 Å². The van der Waals surface area contributed by atoms with Crippen molar-refractivity contribution in [2.75, 3.05) is 26.9 Å². The monoisotopic (exact) mass is 317 g/mol. The van der Waals surface area contributed by atoms with Gasteiger partial charge in [0.05, 0.1) is 30.0 Å². The van der Waals surface area contributed by atoms with Crippen LogP contribution in [0.4, 0.5) is 0 Å². The summed E-state index contributed by atoms with van der Waals surface area (Å²) >= 11 is 0. The quantitative estimate of drug-likeness (QED) is 0.704. The number of methoxy groups -OCH3 is 1. The second-order valence-corrected chi connectivity index (χ2v) is 5.73. The number of hydrogen-bond acceptors (Lipinski definition) is 6. The molecule has 2 aromatic rings. The Kier molecular flexibility index (Phi) is 5.55. The van der Waals surface area contributed by atoms with Gasteiger partial charge in [0.15, 0.2) is 0 Å². The summed E-state index contributed by atoms with van der Waals surface area (Å²) in [6, 6.07) is 2.40. The predicted octanol–water partition coefficient (Wildman–Crippen LogP) is 1.37. The molecular formula is C16H23N5O2. The Morgan fingerprint density at radius 3 is 3.04 bits per heavy atom. The molecule has 7 heteroatoms. The van der Waals surface area contributed by atoms with Crippen LogP contribution in [0.15, 0.2) is 24.7 Å². The summed E-state index contributed by atoms with van der Waals surface area (Å²) < 4.78 is 12.6. The molecule has 0 radical (unpaired) electrons. The minimum atomic E-state index is 0.462. The van der Waals surface area contributed by atoms with Crippen LogP contribution in [-0.2, 0) is 11.2 Å². The van der Waals surface area contributed by atoms with Gasteiger partial charge in [-0.1, -0.05) is 5.21 Å². The molecule has 1 fully saturated rings. The minimum Gasteiger partial charge on any atom is -0.490 e. The fraction of sp³-hybridized carbons (Fsp3) is 0.562. The van der Waals surface area contributed by atoms with E-state index in [0.717, 1.165) is 49.5 Å². The largest absolute Gasteiger partial charge is 0.490 e. The number of rotatable bonds is 9. The molecule has 1 saturated heterocycles. The van der Waals surface area contributed by atoms with Gasteiger partial charge in [0, 0.05) is 25.8 Å². The number of aryl methyl sites for hydroxylation is 1. The van der Waals surface area contributed by atoms with Crippen LogP contribution in [0.25, 0.3) is 5.69 Å². The molecule has 1 N–H and O–H groups in total. The zero-order valence-electron chi connectivity index (χ0n) is 13.4. The van der Waals surface area contributed by atoms with Crippen molar-refractivity contribution >= 4 is 0 Å². The maximum Gasteiger partial charge on any atom is 0.139 e.